The fourth-order valence-corrected chi connectivity index (χ4v) is 4.06. The zero-order valence-corrected chi connectivity index (χ0v) is 15.0. The molecule has 136 valence electrons. The number of amides is 4. The second kappa shape index (κ2) is 7.70. The van der Waals surface area contributed by atoms with Gasteiger partial charge in [0.25, 0.3) is 5.91 Å². The number of carbonyl (C=O) groups excluding carboxylic acids is 3. The van der Waals surface area contributed by atoms with Crippen molar-refractivity contribution in [1.29, 1.82) is 0 Å². The third kappa shape index (κ3) is 3.37. The number of urea groups is 1. The maximum Gasteiger partial charge on any atom is 0.327 e. The van der Waals surface area contributed by atoms with Crippen molar-refractivity contribution in [2.24, 2.45) is 0 Å². The highest BCUT2D eigenvalue weighted by atomic mass is 35.5. The number of hydrogen-bond acceptors (Lipinski definition) is 4. The molecule has 1 aliphatic carbocycles. The van der Waals surface area contributed by atoms with Crippen LogP contribution in [0.2, 0.25) is 0 Å². The number of halogens is 1. The monoisotopic (exact) mass is 358 g/mol. The zero-order valence-electron chi connectivity index (χ0n) is 14.2. The van der Waals surface area contributed by atoms with E-state index in [1.54, 1.807) is 11.9 Å². The lowest BCUT2D eigenvalue weighted by Gasteiger charge is -2.35. The Kier molecular flexibility index (Phi) is 6.09. The first-order valence-corrected chi connectivity index (χ1v) is 8.64. The summed E-state index contributed by atoms with van der Waals surface area (Å²) in [5, 5.41) is 6.16. The number of rotatable bonds is 3. The van der Waals surface area contributed by atoms with Gasteiger partial charge in [-0.25, -0.2) is 4.79 Å². The van der Waals surface area contributed by atoms with Gasteiger partial charge in [0.15, 0.2) is 0 Å². The van der Waals surface area contributed by atoms with E-state index in [1.807, 2.05) is 0 Å². The summed E-state index contributed by atoms with van der Waals surface area (Å²) < 4.78 is 0. The molecule has 4 amide bonds. The summed E-state index contributed by atoms with van der Waals surface area (Å²) in [6.45, 7) is 1.56. The standard InChI is InChI=1S/C16H26N4O3.ClH/c1-19-15(23)20(14(22)16(19)7-3-2-4-8-16)11-13(21)18-12-6-5-9-17-10-12;/h12,17H,2-11H2,1H3,(H,18,21);1H. The fraction of sp³-hybridized carbons (Fsp3) is 0.812. The maximum absolute atomic E-state index is 12.8. The van der Waals surface area contributed by atoms with Crippen LogP contribution in [0.25, 0.3) is 0 Å². The molecule has 8 heteroatoms. The van der Waals surface area contributed by atoms with Crippen LogP contribution in [-0.4, -0.2) is 65.9 Å². The predicted molar refractivity (Wildman–Crippen MR) is 92.0 cm³/mol. The lowest BCUT2D eigenvalue weighted by atomic mass is 9.81. The van der Waals surface area contributed by atoms with Crippen LogP contribution in [-0.2, 0) is 9.59 Å². The first kappa shape index (κ1) is 19.0. The Bertz CT molecular complexity index is 502. The van der Waals surface area contributed by atoms with E-state index in [1.165, 1.54) is 0 Å². The van der Waals surface area contributed by atoms with Crippen molar-refractivity contribution in [2.75, 3.05) is 26.7 Å². The van der Waals surface area contributed by atoms with Crippen LogP contribution in [0.5, 0.6) is 0 Å². The molecule has 2 aliphatic heterocycles. The SMILES string of the molecule is CN1C(=O)N(CC(=O)NC2CCCNC2)C(=O)C12CCCCC2.Cl. The molecular formula is C16H27ClN4O3. The largest absolute Gasteiger partial charge is 0.351 e. The summed E-state index contributed by atoms with van der Waals surface area (Å²) in [5.74, 6) is -0.441. The number of imide groups is 1. The minimum absolute atomic E-state index is 0. The molecule has 2 N–H and O–H groups in total. The van der Waals surface area contributed by atoms with Gasteiger partial charge in [0, 0.05) is 19.6 Å². The highest BCUT2D eigenvalue weighted by Gasteiger charge is 2.55. The predicted octanol–water partition coefficient (Wildman–Crippen LogP) is 0.873. The third-order valence-corrected chi connectivity index (χ3v) is 5.45. The molecule has 0 aromatic carbocycles. The summed E-state index contributed by atoms with van der Waals surface area (Å²) in [4.78, 5) is 40.2. The molecule has 0 radical (unpaired) electrons. The number of carbonyl (C=O) groups is 3. The molecule has 1 unspecified atom stereocenters. The molecule has 2 heterocycles. The zero-order chi connectivity index (χ0) is 16.4. The van der Waals surface area contributed by atoms with Gasteiger partial charge < -0.3 is 15.5 Å². The lowest BCUT2D eigenvalue weighted by molar-refractivity contribution is -0.137. The molecular weight excluding hydrogens is 332 g/mol. The third-order valence-electron chi connectivity index (χ3n) is 5.45. The number of nitrogens with one attached hydrogen (secondary N) is 2. The highest BCUT2D eigenvalue weighted by Crippen LogP contribution is 2.39. The molecule has 24 heavy (non-hydrogen) atoms. The highest BCUT2D eigenvalue weighted by molar-refractivity contribution is 6.08. The van der Waals surface area contributed by atoms with E-state index >= 15 is 0 Å². The molecule has 3 fully saturated rings. The normalized spacial score (nSPS) is 26.5. The average Bonchev–Trinajstić information content (AvgIpc) is 2.73. The summed E-state index contributed by atoms with van der Waals surface area (Å²) >= 11 is 0. The molecule has 1 spiro atoms. The minimum atomic E-state index is -0.706. The quantitative estimate of drug-likeness (QED) is 0.733. The Morgan fingerprint density at radius 2 is 1.96 bits per heavy atom. The van der Waals surface area contributed by atoms with Crippen LogP contribution < -0.4 is 10.6 Å². The summed E-state index contributed by atoms with van der Waals surface area (Å²) in [6, 6.07) is -0.251. The van der Waals surface area contributed by atoms with Crippen LogP contribution in [0.4, 0.5) is 4.79 Å². The van der Waals surface area contributed by atoms with E-state index in [0.717, 1.165) is 50.1 Å². The van der Waals surface area contributed by atoms with Gasteiger partial charge in [0.05, 0.1) is 0 Å². The number of likely N-dealkylation sites (N-methyl/N-ethyl adjacent to an activating group) is 1. The Balaban J connectivity index is 0.00000208. The van der Waals surface area contributed by atoms with Crippen LogP contribution in [0, 0.1) is 0 Å². The number of nitrogens with zero attached hydrogens (tertiary/aromatic N) is 2. The second-order valence-corrected chi connectivity index (χ2v) is 6.94. The molecule has 1 saturated carbocycles. The van der Waals surface area contributed by atoms with Gasteiger partial charge in [-0.05, 0) is 32.2 Å². The van der Waals surface area contributed by atoms with Crippen molar-refractivity contribution in [3.8, 4) is 0 Å². The number of piperidine rings is 1. The van der Waals surface area contributed by atoms with Gasteiger partial charge >= 0.3 is 6.03 Å². The van der Waals surface area contributed by atoms with Crippen molar-refractivity contribution in [3.63, 3.8) is 0 Å². The van der Waals surface area contributed by atoms with Crippen LogP contribution in [0.15, 0.2) is 0 Å². The van der Waals surface area contributed by atoms with Crippen molar-refractivity contribution in [2.45, 2.75) is 56.5 Å². The minimum Gasteiger partial charge on any atom is -0.351 e. The Hall–Kier alpha value is -1.34. The summed E-state index contributed by atoms with van der Waals surface area (Å²) in [7, 11) is 1.69. The van der Waals surface area contributed by atoms with Crippen LogP contribution in [0.3, 0.4) is 0 Å². The average molecular weight is 359 g/mol. The van der Waals surface area contributed by atoms with Crippen molar-refractivity contribution >= 4 is 30.3 Å². The summed E-state index contributed by atoms with van der Waals surface area (Å²) in [5.41, 5.74) is -0.706. The van der Waals surface area contributed by atoms with E-state index in [2.05, 4.69) is 10.6 Å². The first-order chi connectivity index (χ1) is 11.0. The fourth-order valence-electron chi connectivity index (χ4n) is 4.06. The van der Waals surface area contributed by atoms with Crippen molar-refractivity contribution in [1.82, 2.24) is 20.4 Å². The lowest BCUT2D eigenvalue weighted by Crippen LogP contribution is -2.51. The van der Waals surface area contributed by atoms with Gasteiger partial charge in [-0.15, -0.1) is 12.4 Å². The smallest absolute Gasteiger partial charge is 0.327 e. The molecule has 0 aromatic heterocycles. The van der Waals surface area contributed by atoms with Crippen LogP contribution in [0.1, 0.15) is 44.9 Å². The molecule has 3 rings (SSSR count). The van der Waals surface area contributed by atoms with Gasteiger partial charge in [-0.1, -0.05) is 19.3 Å². The van der Waals surface area contributed by atoms with Crippen molar-refractivity contribution in [3.05, 3.63) is 0 Å². The first-order valence-electron chi connectivity index (χ1n) is 8.64. The Morgan fingerprint density at radius 3 is 2.58 bits per heavy atom. The molecule has 7 nitrogen and oxygen atoms in total. The van der Waals surface area contributed by atoms with Gasteiger partial charge in [-0.3, -0.25) is 14.5 Å². The van der Waals surface area contributed by atoms with E-state index in [-0.39, 0.29) is 42.8 Å². The molecule has 0 bridgehead atoms. The Labute approximate surface area is 148 Å². The topological polar surface area (TPSA) is 81.8 Å². The van der Waals surface area contributed by atoms with E-state index in [0.29, 0.717) is 12.8 Å². The Morgan fingerprint density at radius 1 is 1.25 bits per heavy atom. The van der Waals surface area contributed by atoms with Crippen LogP contribution >= 0.6 is 12.4 Å². The number of hydrogen-bond donors (Lipinski definition) is 2. The molecule has 2 saturated heterocycles. The van der Waals surface area contributed by atoms with E-state index < -0.39 is 5.54 Å². The van der Waals surface area contributed by atoms with Gasteiger partial charge in [0.1, 0.15) is 12.1 Å². The summed E-state index contributed by atoms with van der Waals surface area (Å²) in [6.07, 6.45) is 6.39. The molecule has 0 aromatic rings. The maximum atomic E-state index is 12.8. The van der Waals surface area contributed by atoms with Gasteiger partial charge in [-0.2, -0.15) is 0 Å². The van der Waals surface area contributed by atoms with Crippen molar-refractivity contribution < 1.29 is 14.4 Å². The molecule has 3 aliphatic rings. The van der Waals surface area contributed by atoms with E-state index in [4.69, 9.17) is 0 Å². The second-order valence-electron chi connectivity index (χ2n) is 6.94. The van der Waals surface area contributed by atoms with Gasteiger partial charge in [0.2, 0.25) is 5.91 Å². The molecule has 1 atom stereocenters. The van der Waals surface area contributed by atoms with E-state index in [9.17, 15) is 14.4 Å².